The van der Waals surface area contributed by atoms with Gasteiger partial charge in [-0.05, 0) is 19.1 Å². The van der Waals surface area contributed by atoms with Gasteiger partial charge in [-0.2, -0.15) is 0 Å². The van der Waals surface area contributed by atoms with Gasteiger partial charge >= 0.3 is 0 Å². The van der Waals surface area contributed by atoms with Gasteiger partial charge in [0.25, 0.3) is 15.9 Å². The molecule has 100 valence electrons. The van der Waals surface area contributed by atoms with Crippen molar-refractivity contribution < 1.29 is 22.7 Å². The first-order valence-corrected chi connectivity index (χ1v) is 7.61. The topological polar surface area (TPSA) is 81.7 Å². The Kier molecular flexibility index (Phi) is 4.00. The lowest BCUT2D eigenvalue weighted by Gasteiger charge is -2.21. The summed E-state index contributed by atoms with van der Waals surface area (Å²) >= 11 is 1.11. The Morgan fingerprint density at radius 2 is 2.22 bits per heavy atom. The summed E-state index contributed by atoms with van der Waals surface area (Å²) in [4.78, 5) is 12.6. The standard InChI is InChI=1S/C10H13NO5S2/c1-7-2-3-9(17-7)18(13,14)11-10(12)8-6-15-4-5-16-8/h2-3,8H,4-6H2,1H3,(H,11,12). The summed E-state index contributed by atoms with van der Waals surface area (Å²) in [6.07, 6.45) is -0.866. The highest BCUT2D eigenvalue weighted by atomic mass is 32.2. The third-order valence-electron chi connectivity index (χ3n) is 2.32. The molecule has 1 aromatic heterocycles. The van der Waals surface area contributed by atoms with Crippen LogP contribution in [0.1, 0.15) is 4.88 Å². The maximum Gasteiger partial charge on any atom is 0.273 e. The summed E-state index contributed by atoms with van der Waals surface area (Å²) in [5.74, 6) is -0.694. The minimum Gasteiger partial charge on any atom is -0.376 e. The molecule has 2 rings (SSSR count). The van der Waals surface area contributed by atoms with Crippen LogP contribution in [-0.2, 0) is 24.3 Å². The van der Waals surface area contributed by atoms with Crippen LogP contribution in [0.3, 0.4) is 0 Å². The van der Waals surface area contributed by atoms with Crippen LogP contribution in [-0.4, -0.2) is 40.2 Å². The van der Waals surface area contributed by atoms with E-state index in [1.165, 1.54) is 6.07 Å². The third kappa shape index (κ3) is 3.08. The average Bonchev–Trinajstić information content (AvgIpc) is 2.77. The number of aryl methyl sites for hydroxylation is 1. The molecule has 1 N–H and O–H groups in total. The predicted molar refractivity (Wildman–Crippen MR) is 64.9 cm³/mol. The Hall–Kier alpha value is -0.960. The molecule has 1 saturated heterocycles. The molecule has 18 heavy (non-hydrogen) atoms. The van der Waals surface area contributed by atoms with Crippen molar-refractivity contribution >= 4 is 27.3 Å². The van der Waals surface area contributed by atoms with Gasteiger partial charge in [-0.15, -0.1) is 11.3 Å². The maximum absolute atomic E-state index is 11.9. The normalized spacial score (nSPS) is 20.6. The first-order chi connectivity index (χ1) is 8.49. The van der Waals surface area contributed by atoms with Crippen LogP contribution in [0.25, 0.3) is 0 Å². The minimum absolute atomic E-state index is 0.0742. The lowest BCUT2D eigenvalue weighted by Crippen LogP contribution is -2.44. The highest BCUT2D eigenvalue weighted by Gasteiger charge is 2.27. The molecule has 0 bridgehead atoms. The molecular weight excluding hydrogens is 278 g/mol. The Balaban J connectivity index is 2.06. The smallest absolute Gasteiger partial charge is 0.273 e. The van der Waals surface area contributed by atoms with E-state index in [1.807, 2.05) is 4.72 Å². The number of carbonyl (C=O) groups is 1. The molecule has 1 amide bonds. The fourth-order valence-corrected chi connectivity index (χ4v) is 3.74. The largest absolute Gasteiger partial charge is 0.376 e. The number of sulfonamides is 1. The van der Waals surface area contributed by atoms with Crippen molar-refractivity contribution in [1.82, 2.24) is 4.72 Å². The molecule has 0 spiro atoms. The zero-order valence-electron chi connectivity index (χ0n) is 9.71. The number of thiophene rings is 1. The van der Waals surface area contributed by atoms with Gasteiger partial charge in [-0.3, -0.25) is 4.79 Å². The fraction of sp³-hybridized carbons (Fsp3) is 0.500. The van der Waals surface area contributed by atoms with Crippen molar-refractivity contribution in [3.8, 4) is 0 Å². The van der Waals surface area contributed by atoms with Gasteiger partial charge in [0, 0.05) is 4.88 Å². The molecule has 1 atom stereocenters. The van der Waals surface area contributed by atoms with Crippen molar-refractivity contribution in [1.29, 1.82) is 0 Å². The van der Waals surface area contributed by atoms with Crippen molar-refractivity contribution in [2.24, 2.45) is 0 Å². The number of hydrogen-bond donors (Lipinski definition) is 1. The van der Waals surface area contributed by atoms with E-state index in [1.54, 1.807) is 13.0 Å². The Bertz CT molecular complexity index is 530. The summed E-state index contributed by atoms with van der Waals surface area (Å²) in [6, 6.07) is 3.15. The highest BCUT2D eigenvalue weighted by Crippen LogP contribution is 2.20. The molecule has 1 fully saturated rings. The second kappa shape index (κ2) is 5.35. The highest BCUT2D eigenvalue weighted by molar-refractivity contribution is 7.92. The number of amides is 1. The van der Waals surface area contributed by atoms with E-state index in [-0.39, 0.29) is 17.4 Å². The summed E-state index contributed by atoms with van der Waals surface area (Å²) in [5.41, 5.74) is 0. The van der Waals surface area contributed by atoms with Gasteiger partial charge < -0.3 is 9.47 Å². The summed E-state index contributed by atoms with van der Waals surface area (Å²) in [6.45, 7) is 2.57. The van der Waals surface area contributed by atoms with Crippen molar-refractivity contribution in [3.63, 3.8) is 0 Å². The Morgan fingerprint density at radius 1 is 1.44 bits per heavy atom. The van der Waals surface area contributed by atoms with Crippen molar-refractivity contribution in [2.75, 3.05) is 19.8 Å². The van der Waals surface area contributed by atoms with Crippen LogP contribution in [0.4, 0.5) is 0 Å². The first kappa shape index (κ1) is 13.5. The molecule has 0 aliphatic carbocycles. The number of nitrogens with one attached hydrogen (secondary N) is 1. The van der Waals surface area contributed by atoms with Crippen LogP contribution < -0.4 is 4.72 Å². The average molecular weight is 291 g/mol. The number of ether oxygens (including phenoxy) is 2. The zero-order chi connectivity index (χ0) is 13.2. The molecule has 1 aliphatic rings. The number of carbonyl (C=O) groups excluding carboxylic acids is 1. The van der Waals surface area contributed by atoms with E-state index in [2.05, 4.69) is 0 Å². The molecule has 0 saturated carbocycles. The van der Waals surface area contributed by atoms with Gasteiger partial charge in [0.2, 0.25) is 0 Å². The first-order valence-electron chi connectivity index (χ1n) is 5.31. The monoisotopic (exact) mass is 291 g/mol. The van der Waals surface area contributed by atoms with E-state index < -0.39 is 22.0 Å². The van der Waals surface area contributed by atoms with Crippen LogP contribution in [0.5, 0.6) is 0 Å². The molecule has 1 unspecified atom stereocenters. The van der Waals surface area contributed by atoms with E-state index in [0.29, 0.717) is 6.61 Å². The molecule has 1 aromatic rings. The third-order valence-corrected chi connectivity index (χ3v) is 5.16. The summed E-state index contributed by atoms with van der Waals surface area (Å²) in [7, 11) is -3.80. The number of rotatable bonds is 3. The predicted octanol–water partition coefficient (Wildman–Crippen LogP) is 0.277. The van der Waals surface area contributed by atoms with Gasteiger partial charge in [0.15, 0.2) is 6.10 Å². The molecule has 0 aromatic carbocycles. The van der Waals surface area contributed by atoms with Crippen LogP contribution in [0, 0.1) is 6.92 Å². The fourth-order valence-electron chi connectivity index (χ4n) is 1.44. The van der Waals surface area contributed by atoms with Gasteiger partial charge in [0.05, 0.1) is 19.8 Å². The second-order valence-electron chi connectivity index (χ2n) is 3.77. The lowest BCUT2D eigenvalue weighted by atomic mass is 10.3. The molecule has 8 heteroatoms. The molecule has 6 nitrogen and oxygen atoms in total. The van der Waals surface area contributed by atoms with E-state index in [9.17, 15) is 13.2 Å². The quantitative estimate of drug-likeness (QED) is 0.865. The van der Waals surface area contributed by atoms with Gasteiger partial charge in [0.1, 0.15) is 4.21 Å². The molecular formula is C10H13NO5S2. The van der Waals surface area contributed by atoms with Crippen molar-refractivity contribution in [3.05, 3.63) is 17.0 Å². The van der Waals surface area contributed by atoms with E-state index >= 15 is 0 Å². The SMILES string of the molecule is Cc1ccc(S(=O)(=O)NC(=O)C2COCCO2)s1. The lowest BCUT2D eigenvalue weighted by molar-refractivity contribution is -0.145. The van der Waals surface area contributed by atoms with E-state index in [0.717, 1.165) is 16.2 Å². The Labute approximate surface area is 109 Å². The van der Waals surface area contributed by atoms with Crippen LogP contribution in [0.2, 0.25) is 0 Å². The van der Waals surface area contributed by atoms with Crippen molar-refractivity contribution in [2.45, 2.75) is 17.2 Å². The second-order valence-corrected chi connectivity index (χ2v) is 6.97. The van der Waals surface area contributed by atoms with Crippen LogP contribution >= 0.6 is 11.3 Å². The number of hydrogen-bond acceptors (Lipinski definition) is 6. The molecule has 1 aliphatic heterocycles. The molecule has 2 heterocycles. The van der Waals surface area contributed by atoms with Crippen LogP contribution in [0.15, 0.2) is 16.3 Å². The maximum atomic E-state index is 11.9. The van der Waals surface area contributed by atoms with Gasteiger partial charge in [-0.25, -0.2) is 13.1 Å². The van der Waals surface area contributed by atoms with E-state index in [4.69, 9.17) is 9.47 Å². The molecule has 0 radical (unpaired) electrons. The summed E-state index contributed by atoms with van der Waals surface area (Å²) < 4.78 is 36.0. The minimum atomic E-state index is -3.80. The summed E-state index contributed by atoms with van der Waals surface area (Å²) in [5, 5.41) is 0. The zero-order valence-corrected chi connectivity index (χ0v) is 11.3. The Morgan fingerprint density at radius 3 is 2.78 bits per heavy atom. The van der Waals surface area contributed by atoms with Gasteiger partial charge in [-0.1, -0.05) is 0 Å².